The number of hydrazine groups is 1. The number of nitrogens with one attached hydrogen (secondary N) is 3. The maximum Gasteiger partial charge on any atom is 0.426 e. The highest BCUT2D eigenvalue weighted by atomic mass is 32.2. The third kappa shape index (κ3) is 6.01. The van der Waals surface area contributed by atoms with Crippen molar-refractivity contribution in [1.29, 1.82) is 0 Å². The Morgan fingerprint density at radius 1 is 0.935 bits per heavy atom. The molecule has 10 nitrogen and oxygen atoms in total. The van der Waals surface area contributed by atoms with Gasteiger partial charge >= 0.3 is 6.09 Å². The lowest BCUT2D eigenvalue weighted by Crippen LogP contribution is -2.44. The Balaban J connectivity index is 1.62. The quantitative estimate of drug-likeness (QED) is 0.611. The van der Waals surface area contributed by atoms with E-state index in [0.29, 0.717) is 24.7 Å². The second kappa shape index (κ2) is 8.72. The van der Waals surface area contributed by atoms with Crippen LogP contribution in [0.4, 0.5) is 10.5 Å². The molecule has 0 unspecified atom stereocenters. The van der Waals surface area contributed by atoms with Gasteiger partial charge in [-0.3, -0.25) is 14.9 Å². The maximum atomic E-state index is 12.6. The number of ether oxygens (including phenoxy) is 3. The molecule has 3 rings (SSSR count). The third-order valence-corrected chi connectivity index (χ3v) is 5.28. The van der Waals surface area contributed by atoms with Gasteiger partial charge in [0.15, 0.2) is 11.5 Å². The predicted octanol–water partition coefficient (Wildman–Crippen LogP) is 2.43. The van der Waals surface area contributed by atoms with Gasteiger partial charge in [-0.15, -0.1) is 0 Å². The Bertz CT molecular complexity index is 1080. The van der Waals surface area contributed by atoms with E-state index in [4.69, 9.17) is 14.2 Å². The monoisotopic (exact) mass is 449 g/mol. The topological polar surface area (TPSA) is 132 Å². The van der Waals surface area contributed by atoms with Crippen molar-refractivity contribution >= 4 is 27.7 Å². The van der Waals surface area contributed by atoms with Crippen LogP contribution in [-0.4, -0.2) is 39.2 Å². The SMILES string of the molecule is CC(C)(C)OC(=O)NNC(=O)c1ccc(NS(=O)(=O)c2ccc3c(c2)OCCO3)cc1. The highest BCUT2D eigenvalue weighted by Crippen LogP contribution is 2.32. The molecule has 1 aliphatic heterocycles. The first kappa shape index (κ1) is 22.2. The van der Waals surface area contributed by atoms with Crippen LogP contribution in [0.1, 0.15) is 31.1 Å². The fraction of sp³-hybridized carbons (Fsp3) is 0.300. The van der Waals surface area contributed by atoms with Crippen molar-refractivity contribution in [2.24, 2.45) is 0 Å². The van der Waals surface area contributed by atoms with Gasteiger partial charge in [-0.05, 0) is 57.2 Å². The lowest BCUT2D eigenvalue weighted by atomic mass is 10.2. The van der Waals surface area contributed by atoms with Crippen LogP contribution in [0.3, 0.4) is 0 Å². The summed E-state index contributed by atoms with van der Waals surface area (Å²) in [6.45, 7) is 5.83. The number of anilines is 1. The average Bonchev–Trinajstić information content (AvgIpc) is 2.70. The summed E-state index contributed by atoms with van der Waals surface area (Å²) >= 11 is 0. The molecule has 0 aromatic heterocycles. The zero-order valence-corrected chi connectivity index (χ0v) is 18.0. The summed E-state index contributed by atoms with van der Waals surface area (Å²) < 4.78 is 43.6. The van der Waals surface area contributed by atoms with E-state index in [2.05, 4.69) is 15.6 Å². The van der Waals surface area contributed by atoms with Crippen LogP contribution in [0.25, 0.3) is 0 Å². The van der Waals surface area contributed by atoms with Crippen LogP contribution in [-0.2, 0) is 14.8 Å². The fourth-order valence-corrected chi connectivity index (χ4v) is 3.65. The zero-order chi connectivity index (χ0) is 22.6. The van der Waals surface area contributed by atoms with Gasteiger partial charge in [-0.25, -0.2) is 18.6 Å². The molecular weight excluding hydrogens is 426 g/mol. The molecule has 2 amide bonds. The first-order valence-electron chi connectivity index (χ1n) is 9.35. The smallest absolute Gasteiger partial charge is 0.426 e. The Morgan fingerprint density at radius 3 is 2.23 bits per heavy atom. The maximum absolute atomic E-state index is 12.6. The van der Waals surface area contributed by atoms with Crippen molar-refractivity contribution in [3.63, 3.8) is 0 Å². The second-order valence-electron chi connectivity index (χ2n) is 7.57. The molecule has 3 N–H and O–H groups in total. The van der Waals surface area contributed by atoms with Gasteiger partial charge in [-0.2, -0.15) is 0 Å². The summed E-state index contributed by atoms with van der Waals surface area (Å²) in [5.74, 6) is 0.256. The van der Waals surface area contributed by atoms with Gasteiger partial charge in [0.05, 0.1) is 4.90 Å². The number of benzene rings is 2. The number of rotatable bonds is 4. The van der Waals surface area contributed by atoms with Crippen molar-refractivity contribution < 1.29 is 32.2 Å². The van der Waals surface area contributed by atoms with E-state index in [9.17, 15) is 18.0 Å². The van der Waals surface area contributed by atoms with Crippen LogP contribution in [0, 0.1) is 0 Å². The van der Waals surface area contributed by atoms with E-state index in [1.165, 1.54) is 42.5 Å². The molecule has 0 fully saturated rings. The Hall–Kier alpha value is -3.47. The molecule has 0 saturated heterocycles. The molecule has 0 bridgehead atoms. The van der Waals surface area contributed by atoms with Crippen LogP contribution in [0.5, 0.6) is 11.5 Å². The molecule has 0 aliphatic carbocycles. The number of carbonyl (C=O) groups excluding carboxylic acids is 2. The molecule has 31 heavy (non-hydrogen) atoms. The Kier molecular flexibility index (Phi) is 6.25. The molecular formula is C20H23N3O7S. The van der Waals surface area contributed by atoms with Crippen LogP contribution in [0.15, 0.2) is 47.4 Å². The minimum Gasteiger partial charge on any atom is -0.486 e. The summed E-state index contributed by atoms with van der Waals surface area (Å²) in [7, 11) is -3.88. The lowest BCUT2D eigenvalue weighted by molar-refractivity contribution is 0.0483. The normalized spacial score (nSPS) is 13.1. The van der Waals surface area contributed by atoms with Crippen molar-refractivity contribution in [2.75, 3.05) is 17.9 Å². The van der Waals surface area contributed by atoms with Gasteiger partial charge in [0.2, 0.25) is 0 Å². The van der Waals surface area contributed by atoms with Crippen molar-refractivity contribution in [1.82, 2.24) is 10.9 Å². The van der Waals surface area contributed by atoms with Crippen LogP contribution in [0.2, 0.25) is 0 Å². The molecule has 0 saturated carbocycles. The van der Waals surface area contributed by atoms with Crippen molar-refractivity contribution in [3.05, 3.63) is 48.0 Å². The van der Waals surface area contributed by atoms with Crippen molar-refractivity contribution in [3.8, 4) is 11.5 Å². The first-order valence-corrected chi connectivity index (χ1v) is 10.8. The average molecular weight is 449 g/mol. The van der Waals surface area contributed by atoms with Crippen LogP contribution < -0.4 is 25.0 Å². The summed E-state index contributed by atoms with van der Waals surface area (Å²) in [6.07, 6.45) is -0.801. The third-order valence-electron chi connectivity index (χ3n) is 3.90. The summed E-state index contributed by atoms with van der Waals surface area (Å²) in [5, 5.41) is 0. The molecule has 2 aromatic carbocycles. The molecule has 1 aliphatic rings. The molecule has 0 radical (unpaired) electrons. The minimum absolute atomic E-state index is 0.0140. The Morgan fingerprint density at radius 2 is 1.58 bits per heavy atom. The summed E-state index contributed by atoms with van der Waals surface area (Å²) in [6, 6.07) is 10.0. The molecule has 1 heterocycles. The van der Waals surface area contributed by atoms with E-state index in [1.807, 2.05) is 0 Å². The number of sulfonamides is 1. The van der Waals surface area contributed by atoms with E-state index in [1.54, 1.807) is 20.8 Å². The molecule has 11 heteroatoms. The van der Waals surface area contributed by atoms with Gasteiger partial charge < -0.3 is 14.2 Å². The number of hydrogen-bond donors (Lipinski definition) is 3. The fourth-order valence-electron chi connectivity index (χ4n) is 2.58. The minimum atomic E-state index is -3.88. The molecule has 2 aromatic rings. The van der Waals surface area contributed by atoms with E-state index in [0.717, 1.165) is 0 Å². The number of fused-ring (bicyclic) bond motifs is 1. The largest absolute Gasteiger partial charge is 0.486 e. The number of carbonyl (C=O) groups is 2. The van der Waals surface area contributed by atoms with Crippen molar-refractivity contribution in [2.45, 2.75) is 31.3 Å². The highest BCUT2D eigenvalue weighted by molar-refractivity contribution is 7.92. The molecule has 0 spiro atoms. The van der Waals surface area contributed by atoms with Gasteiger partial charge in [0, 0.05) is 17.3 Å². The highest BCUT2D eigenvalue weighted by Gasteiger charge is 2.20. The zero-order valence-electron chi connectivity index (χ0n) is 17.2. The van der Waals surface area contributed by atoms with Crippen LogP contribution >= 0.6 is 0 Å². The second-order valence-corrected chi connectivity index (χ2v) is 9.25. The first-order chi connectivity index (χ1) is 14.5. The summed E-state index contributed by atoms with van der Waals surface area (Å²) in [4.78, 5) is 23.7. The van der Waals surface area contributed by atoms with Gasteiger partial charge in [0.1, 0.15) is 18.8 Å². The predicted molar refractivity (Wildman–Crippen MR) is 112 cm³/mol. The van der Waals surface area contributed by atoms with Gasteiger partial charge in [0.25, 0.3) is 15.9 Å². The number of hydrogen-bond acceptors (Lipinski definition) is 7. The lowest BCUT2D eigenvalue weighted by Gasteiger charge is -2.19. The standard InChI is InChI=1S/C20H23N3O7S/c1-20(2,3)30-19(25)22-21-18(24)13-4-6-14(7-5-13)23-31(26,27)15-8-9-16-17(12-15)29-11-10-28-16/h4-9,12,23H,10-11H2,1-3H3,(H,21,24)(H,22,25). The van der Waals surface area contributed by atoms with E-state index >= 15 is 0 Å². The summed E-state index contributed by atoms with van der Waals surface area (Å²) in [5.41, 5.74) is 4.12. The van der Waals surface area contributed by atoms with Gasteiger partial charge in [-0.1, -0.05) is 0 Å². The van der Waals surface area contributed by atoms with E-state index < -0.39 is 27.6 Å². The van der Waals surface area contributed by atoms with E-state index in [-0.39, 0.29) is 16.1 Å². The molecule has 166 valence electrons. The number of amides is 2. The Labute approximate surface area is 179 Å². The molecule has 0 atom stereocenters.